The van der Waals surface area contributed by atoms with E-state index in [0.717, 1.165) is 17.6 Å². The maximum Gasteiger partial charge on any atom is 0.313 e. The van der Waals surface area contributed by atoms with Crippen molar-refractivity contribution >= 4 is 56.6 Å². The number of thioether (sulfide) groups is 2. The summed E-state index contributed by atoms with van der Waals surface area (Å²) < 4.78 is 23.1. The molecule has 2 aliphatic heterocycles. The van der Waals surface area contributed by atoms with Gasteiger partial charge in [0.15, 0.2) is 14.2 Å². The summed E-state index contributed by atoms with van der Waals surface area (Å²) in [5, 5.41) is 17.7. The zero-order valence-corrected chi connectivity index (χ0v) is 16.4. The zero-order valence-electron chi connectivity index (χ0n) is 13.1. The van der Waals surface area contributed by atoms with Crippen LogP contribution in [-0.4, -0.2) is 76.2 Å². The summed E-state index contributed by atoms with van der Waals surface area (Å²) in [6.07, 6.45) is 1.12. The molecule has 9 nitrogen and oxygen atoms in total. The van der Waals surface area contributed by atoms with Crippen molar-refractivity contribution in [2.45, 2.75) is 21.5 Å². The van der Waals surface area contributed by atoms with Crippen LogP contribution in [0.5, 0.6) is 0 Å². The molecule has 0 bridgehead atoms. The summed E-state index contributed by atoms with van der Waals surface area (Å²) in [5.41, 5.74) is 4.64. The number of hydrogen-bond acceptors (Lipinski definition) is 10. The first-order chi connectivity index (χ1) is 11.6. The van der Waals surface area contributed by atoms with E-state index in [9.17, 15) is 23.1 Å². The third-order valence-corrected chi connectivity index (χ3v) is 8.88. The van der Waals surface area contributed by atoms with Gasteiger partial charge in [-0.25, -0.2) is 8.42 Å². The molecular formula is C12H16N4O5S4. The van der Waals surface area contributed by atoms with E-state index in [0.29, 0.717) is 15.1 Å². The number of aliphatic carboxylic acids is 1. The molecule has 0 aliphatic carbocycles. The second-order valence-electron chi connectivity index (χ2n) is 6.10. The number of hydrogen-bond donors (Lipinski definition) is 2. The van der Waals surface area contributed by atoms with Gasteiger partial charge in [0.25, 0.3) is 0 Å². The minimum Gasteiger partial charge on any atom is -0.481 e. The van der Waals surface area contributed by atoms with E-state index in [2.05, 4.69) is 10.2 Å². The average Bonchev–Trinajstić information content (AvgIpc) is 2.97. The van der Waals surface area contributed by atoms with Gasteiger partial charge in [0.1, 0.15) is 27.6 Å². The van der Waals surface area contributed by atoms with Crippen LogP contribution in [0.1, 0.15) is 5.01 Å². The van der Waals surface area contributed by atoms with Crippen LogP contribution in [0.15, 0.2) is 4.34 Å². The molecule has 3 N–H and O–H groups in total. The van der Waals surface area contributed by atoms with Gasteiger partial charge in [-0.2, -0.15) is 0 Å². The molecule has 0 spiro atoms. The number of carbonyl (C=O) groups is 2. The molecule has 25 heavy (non-hydrogen) atoms. The van der Waals surface area contributed by atoms with Crippen molar-refractivity contribution in [1.82, 2.24) is 15.1 Å². The zero-order chi connectivity index (χ0) is 18.4. The third-order valence-electron chi connectivity index (χ3n) is 3.95. The van der Waals surface area contributed by atoms with Gasteiger partial charge in [0.2, 0.25) is 5.91 Å². The van der Waals surface area contributed by atoms with Crippen LogP contribution in [0.25, 0.3) is 0 Å². The lowest BCUT2D eigenvalue weighted by molar-refractivity contribution is -0.155. The van der Waals surface area contributed by atoms with Crippen LogP contribution in [0.2, 0.25) is 0 Å². The summed E-state index contributed by atoms with van der Waals surface area (Å²) in [6.45, 7) is 0.120. The lowest BCUT2D eigenvalue weighted by Gasteiger charge is -2.52. The summed E-state index contributed by atoms with van der Waals surface area (Å²) in [6, 6.07) is -0.550. The maximum absolute atomic E-state index is 11.8. The Morgan fingerprint density at radius 2 is 2.24 bits per heavy atom. The predicted octanol–water partition coefficient (Wildman–Crippen LogP) is -0.512. The monoisotopic (exact) mass is 424 g/mol. The summed E-state index contributed by atoms with van der Waals surface area (Å²) >= 11 is 3.74. The Labute approximate surface area is 156 Å². The second kappa shape index (κ2) is 6.68. The standard InChI is InChI=1S/C12H16N4O5S4/c1-25(20,21)2-6-14-15-11(24-6)23-5-12(10(18)19)3-16-8(17)7(13)9(16)22-4-12/h7,9H,2-5,13H2,1H3,(H,18,19)/t7?,9-,12?/m1/s1. The third kappa shape index (κ3) is 3.79. The first kappa shape index (κ1) is 18.9. The van der Waals surface area contributed by atoms with Gasteiger partial charge in [-0.05, 0) is 0 Å². The fourth-order valence-corrected chi connectivity index (χ4v) is 7.47. The minimum absolute atomic E-state index is 0.120. The Bertz CT molecular complexity index is 812. The summed E-state index contributed by atoms with van der Waals surface area (Å²) in [5.74, 6) is -0.812. The van der Waals surface area contributed by atoms with Crippen molar-refractivity contribution in [3.8, 4) is 0 Å². The molecule has 2 unspecified atom stereocenters. The maximum atomic E-state index is 11.8. The molecule has 2 aliphatic rings. The molecule has 3 atom stereocenters. The van der Waals surface area contributed by atoms with E-state index in [4.69, 9.17) is 5.73 Å². The van der Waals surface area contributed by atoms with Crippen molar-refractivity contribution < 1.29 is 23.1 Å². The van der Waals surface area contributed by atoms with E-state index in [1.165, 1.54) is 28.4 Å². The second-order valence-corrected chi connectivity index (χ2v) is 11.6. The molecule has 13 heteroatoms. The summed E-state index contributed by atoms with van der Waals surface area (Å²) in [7, 11) is -3.20. The van der Waals surface area contributed by atoms with Crippen molar-refractivity contribution in [3.63, 3.8) is 0 Å². The lowest BCUT2D eigenvalue weighted by atomic mass is 9.89. The van der Waals surface area contributed by atoms with Crippen LogP contribution in [0, 0.1) is 5.41 Å². The number of carbonyl (C=O) groups excluding carboxylic acids is 1. The molecule has 0 radical (unpaired) electrons. The van der Waals surface area contributed by atoms with Gasteiger partial charge in [-0.15, -0.1) is 22.0 Å². The quantitative estimate of drug-likeness (QED) is 0.452. The molecule has 2 saturated heterocycles. The Kier molecular flexibility index (Phi) is 5.05. The number of fused-ring (bicyclic) bond motifs is 1. The van der Waals surface area contributed by atoms with Crippen molar-refractivity contribution in [2.75, 3.05) is 24.3 Å². The molecule has 2 fully saturated rings. The van der Waals surface area contributed by atoms with Crippen molar-refractivity contribution in [2.24, 2.45) is 11.1 Å². The van der Waals surface area contributed by atoms with Gasteiger partial charge in [0, 0.05) is 24.3 Å². The topological polar surface area (TPSA) is 144 Å². The fourth-order valence-electron chi connectivity index (χ4n) is 2.59. The Hall–Kier alpha value is -0.890. The van der Waals surface area contributed by atoms with E-state index in [1.54, 1.807) is 0 Å². The number of carboxylic acids is 1. The Balaban J connectivity index is 1.67. The van der Waals surface area contributed by atoms with Gasteiger partial charge >= 0.3 is 5.97 Å². The van der Waals surface area contributed by atoms with E-state index in [-0.39, 0.29) is 29.3 Å². The number of aromatic nitrogens is 2. The minimum atomic E-state index is -3.20. The van der Waals surface area contributed by atoms with Gasteiger partial charge in [-0.1, -0.05) is 23.1 Å². The first-order valence-electron chi connectivity index (χ1n) is 7.15. The smallest absolute Gasteiger partial charge is 0.313 e. The Morgan fingerprint density at radius 1 is 1.52 bits per heavy atom. The predicted molar refractivity (Wildman–Crippen MR) is 95.2 cm³/mol. The lowest BCUT2D eigenvalue weighted by Crippen LogP contribution is -2.72. The van der Waals surface area contributed by atoms with E-state index in [1.807, 2.05) is 0 Å². The highest BCUT2D eigenvalue weighted by Gasteiger charge is 2.55. The molecule has 1 aromatic heterocycles. The number of amides is 1. The van der Waals surface area contributed by atoms with Crippen LogP contribution < -0.4 is 5.73 Å². The molecule has 3 rings (SSSR count). The number of rotatable bonds is 6. The van der Waals surface area contributed by atoms with Crippen LogP contribution in [0.4, 0.5) is 0 Å². The fraction of sp³-hybridized carbons (Fsp3) is 0.667. The van der Waals surface area contributed by atoms with Gasteiger partial charge < -0.3 is 15.7 Å². The van der Waals surface area contributed by atoms with Crippen molar-refractivity contribution in [3.05, 3.63) is 5.01 Å². The van der Waals surface area contributed by atoms with E-state index < -0.39 is 27.3 Å². The van der Waals surface area contributed by atoms with Crippen LogP contribution in [0.3, 0.4) is 0 Å². The molecule has 1 aromatic rings. The van der Waals surface area contributed by atoms with E-state index >= 15 is 0 Å². The molecular weight excluding hydrogens is 408 g/mol. The van der Waals surface area contributed by atoms with Gasteiger partial charge in [-0.3, -0.25) is 9.59 Å². The number of β-lactam (4-membered cyclic amide) rings is 1. The highest BCUT2D eigenvalue weighted by molar-refractivity contribution is 8.01. The normalized spacial score (nSPS) is 29.2. The van der Waals surface area contributed by atoms with Crippen molar-refractivity contribution in [1.29, 1.82) is 0 Å². The molecule has 0 saturated carbocycles. The number of nitrogens with zero attached hydrogens (tertiary/aromatic N) is 3. The first-order valence-corrected chi connectivity index (χ1v) is 12.1. The highest BCUT2D eigenvalue weighted by Crippen LogP contribution is 2.44. The molecule has 3 heterocycles. The largest absolute Gasteiger partial charge is 0.481 e. The van der Waals surface area contributed by atoms with Gasteiger partial charge in [0.05, 0.1) is 0 Å². The Morgan fingerprint density at radius 3 is 2.88 bits per heavy atom. The highest BCUT2D eigenvalue weighted by atomic mass is 32.2. The molecule has 0 aromatic carbocycles. The average molecular weight is 425 g/mol. The van der Waals surface area contributed by atoms with Crippen LogP contribution >= 0.6 is 34.9 Å². The molecule has 138 valence electrons. The number of nitrogens with two attached hydrogens (primary N) is 1. The van der Waals surface area contributed by atoms with Crippen LogP contribution in [-0.2, 0) is 25.2 Å². The number of sulfone groups is 1. The number of carboxylic acid groups (broad SMARTS) is 1. The molecule has 1 amide bonds. The SMILES string of the molecule is CS(=O)(=O)Cc1nnc(SCC2(C(=O)O)CS[C@@H]3C(N)C(=O)N3C2)s1. The summed E-state index contributed by atoms with van der Waals surface area (Å²) in [4.78, 5) is 25.2.